The molecule has 0 atom stereocenters. The molecule has 0 saturated carbocycles. The summed E-state index contributed by atoms with van der Waals surface area (Å²) in [4.78, 5) is 30.4. The number of fused-ring (bicyclic) bond motifs is 1. The summed E-state index contributed by atoms with van der Waals surface area (Å²) in [5.41, 5.74) is 2.48. The van der Waals surface area contributed by atoms with Crippen LogP contribution in [0.1, 0.15) is 20.9 Å². The lowest BCUT2D eigenvalue weighted by Crippen LogP contribution is -2.23. The van der Waals surface area contributed by atoms with Crippen LogP contribution in [0.2, 0.25) is 0 Å². The van der Waals surface area contributed by atoms with Crippen LogP contribution in [0.5, 0.6) is 0 Å². The van der Waals surface area contributed by atoms with Crippen molar-refractivity contribution in [2.45, 2.75) is 11.4 Å². The molecular weight excluding hydrogens is 440 g/mol. The predicted molar refractivity (Wildman–Crippen MR) is 128 cm³/mol. The highest BCUT2D eigenvalue weighted by Gasteiger charge is 2.14. The number of nitriles is 1. The zero-order valence-electron chi connectivity index (χ0n) is 16.9. The highest BCUT2D eigenvalue weighted by Crippen LogP contribution is 2.24. The Kier molecular flexibility index (Phi) is 6.80. The van der Waals surface area contributed by atoms with Crippen molar-refractivity contribution in [1.82, 2.24) is 10.3 Å². The molecule has 32 heavy (non-hydrogen) atoms. The second-order valence-electron chi connectivity index (χ2n) is 6.78. The molecule has 1 heterocycles. The molecule has 4 rings (SSSR count). The lowest BCUT2D eigenvalue weighted by molar-refractivity contribution is -0.113. The number of carbonyl (C=O) groups is 2. The first kappa shape index (κ1) is 21.6. The van der Waals surface area contributed by atoms with Crippen molar-refractivity contribution in [2.24, 2.45) is 0 Å². The van der Waals surface area contributed by atoms with Crippen LogP contribution < -0.4 is 10.6 Å². The molecule has 0 spiro atoms. The number of para-hydroxylation sites is 1. The normalized spacial score (nSPS) is 10.5. The molecular formula is C24H18N4O2S2. The smallest absolute Gasteiger partial charge is 0.252 e. The fraction of sp³-hybridized carbons (Fsp3) is 0.0833. The summed E-state index contributed by atoms with van der Waals surface area (Å²) in [6, 6.07) is 23.8. The second-order valence-corrected chi connectivity index (χ2v) is 8.92. The average molecular weight is 459 g/mol. The molecule has 0 unspecified atom stereocenters. The largest absolute Gasteiger partial charge is 0.345 e. The fourth-order valence-corrected chi connectivity index (χ4v) is 4.79. The third kappa shape index (κ3) is 5.32. The van der Waals surface area contributed by atoms with Crippen LogP contribution in [-0.4, -0.2) is 22.6 Å². The number of amides is 2. The minimum atomic E-state index is -0.213. The first-order valence-electron chi connectivity index (χ1n) is 9.77. The minimum absolute atomic E-state index is 0.138. The first-order valence-corrected chi connectivity index (χ1v) is 11.6. The third-order valence-electron chi connectivity index (χ3n) is 4.50. The summed E-state index contributed by atoms with van der Waals surface area (Å²) in [6.45, 7) is 0.340. The molecule has 0 radical (unpaired) electrons. The molecule has 0 aliphatic carbocycles. The quantitative estimate of drug-likeness (QED) is 0.387. The molecule has 0 aliphatic rings. The Labute approximate surface area is 193 Å². The molecule has 2 amide bonds. The van der Waals surface area contributed by atoms with Gasteiger partial charge in [0.2, 0.25) is 5.91 Å². The maximum absolute atomic E-state index is 12.8. The SMILES string of the molecule is N#Cc1cccc(NC(=O)CSc2ccccc2C(=O)NCc2nc3ccccc3s2)c1. The van der Waals surface area contributed by atoms with Crippen LogP contribution in [0.15, 0.2) is 77.7 Å². The monoisotopic (exact) mass is 458 g/mol. The Morgan fingerprint density at radius 1 is 1.03 bits per heavy atom. The summed E-state index contributed by atoms with van der Waals surface area (Å²) in [5.74, 6) is -0.289. The Balaban J connectivity index is 1.36. The number of aromatic nitrogens is 1. The zero-order valence-corrected chi connectivity index (χ0v) is 18.5. The summed E-state index contributed by atoms with van der Waals surface area (Å²) in [5, 5.41) is 15.5. The number of hydrogen-bond donors (Lipinski definition) is 2. The minimum Gasteiger partial charge on any atom is -0.345 e. The van der Waals surface area contributed by atoms with Crippen molar-refractivity contribution in [1.29, 1.82) is 5.26 Å². The van der Waals surface area contributed by atoms with Crippen molar-refractivity contribution in [3.8, 4) is 6.07 Å². The van der Waals surface area contributed by atoms with E-state index < -0.39 is 0 Å². The molecule has 0 fully saturated rings. The number of benzene rings is 3. The summed E-state index contributed by atoms with van der Waals surface area (Å²) in [7, 11) is 0. The van der Waals surface area contributed by atoms with E-state index in [9.17, 15) is 9.59 Å². The number of anilines is 1. The van der Waals surface area contributed by atoms with Gasteiger partial charge in [-0.05, 0) is 42.5 Å². The van der Waals surface area contributed by atoms with Crippen molar-refractivity contribution in [3.63, 3.8) is 0 Å². The number of nitrogens with zero attached hydrogens (tertiary/aromatic N) is 2. The number of rotatable bonds is 7. The van der Waals surface area contributed by atoms with E-state index in [1.165, 1.54) is 11.8 Å². The topological polar surface area (TPSA) is 94.9 Å². The molecule has 2 N–H and O–H groups in total. The Hall–Kier alpha value is -3.67. The zero-order chi connectivity index (χ0) is 22.3. The van der Waals surface area contributed by atoms with E-state index in [2.05, 4.69) is 15.6 Å². The van der Waals surface area contributed by atoms with Crippen molar-refractivity contribution in [3.05, 3.63) is 88.9 Å². The number of carbonyl (C=O) groups excluding carboxylic acids is 2. The van der Waals surface area contributed by atoms with Crippen molar-refractivity contribution in [2.75, 3.05) is 11.1 Å². The summed E-state index contributed by atoms with van der Waals surface area (Å²) in [6.07, 6.45) is 0. The van der Waals surface area contributed by atoms with Crippen molar-refractivity contribution < 1.29 is 9.59 Å². The molecule has 0 bridgehead atoms. The number of thiazole rings is 1. The van der Waals surface area contributed by atoms with Crippen LogP contribution in [-0.2, 0) is 11.3 Å². The lowest BCUT2D eigenvalue weighted by Gasteiger charge is -2.10. The molecule has 158 valence electrons. The van der Waals surface area contributed by atoms with E-state index in [-0.39, 0.29) is 17.6 Å². The van der Waals surface area contributed by atoms with Crippen LogP contribution >= 0.6 is 23.1 Å². The van der Waals surface area contributed by atoms with Gasteiger partial charge in [0, 0.05) is 10.6 Å². The van der Waals surface area contributed by atoms with E-state index in [4.69, 9.17) is 5.26 Å². The van der Waals surface area contributed by atoms with Gasteiger partial charge in [-0.25, -0.2) is 4.98 Å². The Bertz CT molecular complexity index is 1290. The van der Waals surface area contributed by atoms with Gasteiger partial charge in [-0.15, -0.1) is 23.1 Å². The highest BCUT2D eigenvalue weighted by atomic mass is 32.2. The first-order chi connectivity index (χ1) is 15.6. The van der Waals surface area contributed by atoms with Crippen LogP contribution in [0.3, 0.4) is 0 Å². The maximum Gasteiger partial charge on any atom is 0.252 e. The van der Waals surface area contributed by atoms with E-state index in [0.29, 0.717) is 23.4 Å². The van der Waals surface area contributed by atoms with Gasteiger partial charge >= 0.3 is 0 Å². The summed E-state index contributed by atoms with van der Waals surface area (Å²) < 4.78 is 1.08. The molecule has 4 aromatic rings. The van der Waals surface area contributed by atoms with Crippen LogP contribution in [0, 0.1) is 11.3 Å². The number of nitrogens with one attached hydrogen (secondary N) is 2. The van der Waals surface area contributed by atoms with E-state index >= 15 is 0 Å². The van der Waals surface area contributed by atoms with E-state index in [1.54, 1.807) is 47.7 Å². The number of thioether (sulfide) groups is 1. The average Bonchev–Trinajstić information content (AvgIpc) is 3.24. The standard InChI is InChI=1S/C24H18N4O2S2/c25-13-16-6-5-7-17(12-16)27-22(29)15-31-20-10-3-1-8-18(20)24(30)26-14-23-28-19-9-2-4-11-21(19)32-23/h1-12H,14-15H2,(H,26,30)(H,27,29). The summed E-state index contributed by atoms with van der Waals surface area (Å²) >= 11 is 2.84. The van der Waals surface area contributed by atoms with E-state index in [0.717, 1.165) is 20.1 Å². The molecule has 8 heteroatoms. The predicted octanol–water partition coefficient (Wildman–Crippen LogP) is 4.83. The van der Waals surface area contributed by atoms with Gasteiger partial charge in [0.25, 0.3) is 5.91 Å². The molecule has 0 aliphatic heterocycles. The fourth-order valence-electron chi connectivity index (χ4n) is 3.03. The van der Waals surface area contributed by atoms with Crippen LogP contribution in [0.25, 0.3) is 10.2 Å². The van der Waals surface area contributed by atoms with E-state index in [1.807, 2.05) is 42.5 Å². The maximum atomic E-state index is 12.8. The molecule has 0 saturated heterocycles. The van der Waals surface area contributed by atoms with Gasteiger partial charge in [-0.3, -0.25) is 9.59 Å². The highest BCUT2D eigenvalue weighted by molar-refractivity contribution is 8.00. The molecule has 3 aromatic carbocycles. The van der Waals surface area contributed by atoms with Gasteiger partial charge in [0.05, 0.1) is 39.7 Å². The van der Waals surface area contributed by atoms with Gasteiger partial charge in [0.1, 0.15) is 5.01 Å². The Morgan fingerprint density at radius 3 is 2.69 bits per heavy atom. The van der Waals surface area contributed by atoms with Gasteiger partial charge in [0.15, 0.2) is 0 Å². The van der Waals surface area contributed by atoms with Gasteiger partial charge in [-0.2, -0.15) is 5.26 Å². The third-order valence-corrected chi connectivity index (χ3v) is 6.61. The lowest BCUT2D eigenvalue weighted by atomic mass is 10.2. The van der Waals surface area contributed by atoms with Gasteiger partial charge < -0.3 is 10.6 Å². The Morgan fingerprint density at radius 2 is 1.84 bits per heavy atom. The van der Waals surface area contributed by atoms with Crippen molar-refractivity contribution >= 4 is 50.8 Å². The van der Waals surface area contributed by atoms with Gasteiger partial charge in [-0.1, -0.05) is 30.3 Å². The van der Waals surface area contributed by atoms with Crippen LogP contribution in [0.4, 0.5) is 5.69 Å². The number of hydrogen-bond acceptors (Lipinski definition) is 6. The molecule has 1 aromatic heterocycles. The second kappa shape index (κ2) is 10.1. The molecule has 6 nitrogen and oxygen atoms in total.